The zero-order valence-corrected chi connectivity index (χ0v) is 13.3. The van der Waals surface area contributed by atoms with Gasteiger partial charge in [-0.25, -0.2) is 0 Å². The van der Waals surface area contributed by atoms with Crippen molar-refractivity contribution >= 4 is 5.69 Å². The maximum absolute atomic E-state index is 6.39. The first-order valence-corrected chi connectivity index (χ1v) is 8.45. The maximum Gasteiger partial charge on any atom is 0.152 e. The van der Waals surface area contributed by atoms with Crippen LogP contribution >= 0.6 is 0 Å². The number of fused-ring (bicyclic) bond motifs is 4. The van der Waals surface area contributed by atoms with Crippen LogP contribution in [0, 0.1) is 0 Å². The molecule has 3 heterocycles. The van der Waals surface area contributed by atoms with E-state index in [-0.39, 0.29) is 5.41 Å². The van der Waals surface area contributed by atoms with E-state index >= 15 is 0 Å². The first kappa shape index (κ1) is 13.4. The van der Waals surface area contributed by atoms with Gasteiger partial charge in [0.2, 0.25) is 0 Å². The van der Waals surface area contributed by atoms with E-state index in [0.717, 1.165) is 37.4 Å². The number of nitrogens with two attached hydrogens (primary N) is 1. The van der Waals surface area contributed by atoms with E-state index in [0.29, 0.717) is 12.0 Å². The summed E-state index contributed by atoms with van der Waals surface area (Å²) in [5.74, 6) is 1.51. The Kier molecular flexibility index (Phi) is 2.61. The lowest BCUT2D eigenvalue weighted by atomic mass is 9.61. The van der Waals surface area contributed by atoms with Gasteiger partial charge in [-0.3, -0.25) is 4.90 Å². The Morgan fingerprint density at radius 2 is 2.26 bits per heavy atom. The van der Waals surface area contributed by atoms with Crippen LogP contribution in [0.2, 0.25) is 0 Å². The first-order chi connectivity index (χ1) is 11.3. The molecule has 0 spiro atoms. The standard InChI is InChI=1S/C19H21N3O/c1-2-12-11-22-8-7-19(15-5-3-4-6-16(15)20)17(22)9-13(12)14-10-21-23-18(14)19/h2-6,10,13,17H,7-9,11,20H2,1H3/b12-2-/t13-,17+,19+/m0/s1. The molecule has 23 heavy (non-hydrogen) atoms. The summed E-state index contributed by atoms with van der Waals surface area (Å²) in [6, 6.07) is 8.74. The Labute approximate surface area is 135 Å². The zero-order chi connectivity index (χ0) is 15.6. The largest absolute Gasteiger partial charge is 0.398 e. The molecule has 0 unspecified atom stereocenters. The summed E-state index contributed by atoms with van der Waals surface area (Å²) in [6.07, 6.45) is 6.41. The fourth-order valence-corrected chi connectivity index (χ4v) is 5.27. The predicted molar refractivity (Wildman–Crippen MR) is 89.2 cm³/mol. The highest BCUT2D eigenvalue weighted by molar-refractivity contribution is 5.59. The molecule has 0 radical (unpaired) electrons. The molecule has 118 valence electrons. The summed E-state index contributed by atoms with van der Waals surface area (Å²) < 4.78 is 5.87. The molecule has 1 aliphatic carbocycles. The number of para-hydroxylation sites is 1. The Morgan fingerprint density at radius 1 is 1.39 bits per heavy atom. The molecule has 4 nitrogen and oxygen atoms in total. The third kappa shape index (κ3) is 1.52. The second-order valence-electron chi connectivity index (χ2n) is 7.06. The van der Waals surface area contributed by atoms with E-state index in [9.17, 15) is 0 Å². The van der Waals surface area contributed by atoms with Crippen molar-refractivity contribution in [3.05, 3.63) is 59.0 Å². The molecule has 1 aromatic heterocycles. The van der Waals surface area contributed by atoms with Crippen LogP contribution in [0.25, 0.3) is 0 Å². The van der Waals surface area contributed by atoms with Gasteiger partial charge in [-0.05, 0) is 31.4 Å². The number of nitrogens with zero attached hydrogens (tertiary/aromatic N) is 2. The van der Waals surface area contributed by atoms with E-state index in [2.05, 4.69) is 35.2 Å². The van der Waals surface area contributed by atoms with Crippen molar-refractivity contribution in [1.29, 1.82) is 0 Å². The summed E-state index contributed by atoms with van der Waals surface area (Å²) in [5, 5.41) is 4.19. The van der Waals surface area contributed by atoms with Gasteiger partial charge in [-0.1, -0.05) is 35.0 Å². The average Bonchev–Trinajstić information content (AvgIpc) is 3.20. The predicted octanol–water partition coefficient (Wildman–Crippen LogP) is 3.06. The summed E-state index contributed by atoms with van der Waals surface area (Å²) in [7, 11) is 0. The lowest BCUT2D eigenvalue weighted by Crippen LogP contribution is -2.51. The molecule has 2 bridgehead atoms. The second-order valence-corrected chi connectivity index (χ2v) is 7.06. The monoisotopic (exact) mass is 307 g/mol. The zero-order valence-electron chi connectivity index (χ0n) is 13.3. The molecule has 2 aromatic rings. The Morgan fingerprint density at radius 3 is 3.09 bits per heavy atom. The molecule has 0 saturated carbocycles. The molecule has 5 rings (SSSR count). The van der Waals surface area contributed by atoms with E-state index in [1.54, 1.807) is 0 Å². The molecule has 3 aliphatic rings. The molecular weight excluding hydrogens is 286 g/mol. The Balaban J connectivity index is 1.80. The highest BCUT2D eigenvalue weighted by Gasteiger charge is 2.59. The molecule has 3 atom stereocenters. The fraction of sp³-hybridized carbons (Fsp3) is 0.421. The Hall–Kier alpha value is -2.07. The number of rotatable bonds is 1. The lowest BCUT2D eigenvalue weighted by molar-refractivity contribution is 0.154. The summed E-state index contributed by atoms with van der Waals surface area (Å²) >= 11 is 0. The highest BCUT2D eigenvalue weighted by Crippen LogP contribution is 2.58. The van der Waals surface area contributed by atoms with E-state index in [1.165, 1.54) is 16.7 Å². The van der Waals surface area contributed by atoms with Crippen molar-refractivity contribution < 1.29 is 4.52 Å². The van der Waals surface area contributed by atoms with Crippen molar-refractivity contribution in [2.45, 2.75) is 37.1 Å². The third-order valence-electron chi connectivity index (χ3n) is 6.29. The van der Waals surface area contributed by atoms with Gasteiger partial charge >= 0.3 is 0 Å². The normalized spacial score (nSPS) is 33.9. The van der Waals surface area contributed by atoms with Gasteiger partial charge in [0.15, 0.2) is 5.76 Å². The van der Waals surface area contributed by atoms with Crippen LogP contribution in [-0.4, -0.2) is 29.2 Å². The number of piperidine rings is 1. The number of hydrogen-bond donors (Lipinski definition) is 1. The van der Waals surface area contributed by atoms with E-state index in [4.69, 9.17) is 10.3 Å². The van der Waals surface area contributed by atoms with Gasteiger partial charge in [-0.2, -0.15) is 0 Å². The van der Waals surface area contributed by atoms with Crippen molar-refractivity contribution in [3.63, 3.8) is 0 Å². The number of allylic oxidation sites excluding steroid dienone is 1. The number of benzene rings is 1. The van der Waals surface area contributed by atoms with Gasteiger partial charge in [0, 0.05) is 36.3 Å². The molecule has 4 heteroatoms. The van der Waals surface area contributed by atoms with Gasteiger partial charge in [0.05, 0.1) is 11.6 Å². The number of aromatic nitrogens is 1. The summed E-state index contributed by atoms with van der Waals surface area (Å²) in [4.78, 5) is 2.61. The topological polar surface area (TPSA) is 55.3 Å². The van der Waals surface area contributed by atoms with Crippen LogP contribution < -0.4 is 5.73 Å². The van der Waals surface area contributed by atoms with Crippen LogP contribution in [0.1, 0.15) is 42.6 Å². The van der Waals surface area contributed by atoms with Crippen LogP contribution in [0.3, 0.4) is 0 Å². The van der Waals surface area contributed by atoms with Crippen LogP contribution in [0.15, 0.2) is 46.6 Å². The van der Waals surface area contributed by atoms with Gasteiger partial charge in [-0.15, -0.1) is 0 Å². The lowest BCUT2D eigenvalue weighted by Gasteiger charge is -2.48. The smallest absolute Gasteiger partial charge is 0.152 e. The van der Waals surface area contributed by atoms with E-state index in [1.807, 2.05) is 18.3 Å². The maximum atomic E-state index is 6.39. The third-order valence-corrected chi connectivity index (χ3v) is 6.29. The molecular formula is C19H21N3O. The van der Waals surface area contributed by atoms with Crippen molar-refractivity contribution in [3.8, 4) is 0 Å². The molecule has 2 N–H and O–H groups in total. The average molecular weight is 307 g/mol. The van der Waals surface area contributed by atoms with Gasteiger partial charge < -0.3 is 10.3 Å². The van der Waals surface area contributed by atoms with Gasteiger partial charge in [0.25, 0.3) is 0 Å². The fourth-order valence-electron chi connectivity index (χ4n) is 5.27. The molecule has 2 aliphatic heterocycles. The highest BCUT2D eigenvalue weighted by atomic mass is 16.5. The minimum absolute atomic E-state index is 0.132. The number of anilines is 1. The van der Waals surface area contributed by atoms with Crippen molar-refractivity contribution in [2.75, 3.05) is 18.8 Å². The van der Waals surface area contributed by atoms with Crippen LogP contribution in [0.4, 0.5) is 5.69 Å². The molecule has 1 aromatic carbocycles. The summed E-state index contributed by atoms with van der Waals surface area (Å²) in [5.41, 5.74) is 11.1. The SMILES string of the molecule is C/C=C1/CN2CC[C@]3(c4ccccc4N)c4oncc4[C@H]1C[C@@H]23. The van der Waals surface area contributed by atoms with Gasteiger partial charge in [0.1, 0.15) is 0 Å². The second kappa shape index (κ2) is 4.48. The summed E-state index contributed by atoms with van der Waals surface area (Å²) in [6.45, 7) is 4.30. The van der Waals surface area contributed by atoms with Crippen molar-refractivity contribution in [1.82, 2.24) is 10.1 Å². The molecule has 2 fully saturated rings. The quantitative estimate of drug-likeness (QED) is 0.650. The molecule has 2 saturated heterocycles. The van der Waals surface area contributed by atoms with Crippen molar-refractivity contribution in [2.24, 2.45) is 0 Å². The molecule has 0 amide bonds. The van der Waals surface area contributed by atoms with Crippen LogP contribution in [0.5, 0.6) is 0 Å². The number of nitrogen functional groups attached to an aromatic ring is 1. The Bertz CT molecular complexity index is 808. The van der Waals surface area contributed by atoms with E-state index < -0.39 is 0 Å². The van der Waals surface area contributed by atoms with Crippen LogP contribution in [-0.2, 0) is 5.41 Å². The first-order valence-electron chi connectivity index (χ1n) is 8.45. The minimum Gasteiger partial charge on any atom is -0.398 e. The number of hydrogen-bond acceptors (Lipinski definition) is 4. The minimum atomic E-state index is -0.132.